The Bertz CT molecular complexity index is 1300. The Labute approximate surface area is 186 Å². The van der Waals surface area contributed by atoms with Crippen molar-refractivity contribution < 1.29 is 14.3 Å². The van der Waals surface area contributed by atoms with Crippen LogP contribution >= 0.6 is 0 Å². The second-order valence-electron chi connectivity index (χ2n) is 7.79. The standard InChI is InChI=1S/C27H22N2O3/c30-25-16-22(27-20-11-5-4-8-18(20)14-15-23(27)29-25)21-12-6-7-13-24(21)32-17-26(31)28-19-9-2-1-3-10-19/h1-15,22H,16-17H2,(H,28,31)(H,29,30)/t22-/m1/s1. The number of fused-ring (bicyclic) bond motifs is 3. The van der Waals surface area contributed by atoms with E-state index in [4.69, 9.17) is 4.74 Å². The summed E-state index contributed by atoms with van der Waals surface area (Å²) in [6.45, 7) is -0.118. The number of para-hydroxylation sites is 2. The topological polar surface area (TPSA) is 67.4 Å². The van der Waals surface area contributed by atoms with Crippen LogP contribution in [0.5, 0.6) is 5.75 Å². The average Bonchev–Trinajstić information content (AvgIpc) is 2.83. The fourth-order valence-electron chi connectivity index (χ4n) is 4.30. The highest BCUT2D eigenvalue weighted by molar-refractivity contribution is 6.01. The van der Waals surface area contributed by atoms with E-state index in [0.717, 1.165) is 33.3 Å². The molecule has 0 aliphatic carbocycles. The fourth-order valence-corrected chi connectivity index (χ4v) is 4.30. The first kappa shape index (κ1) is 19.8. The number of carbonyl (C=O) groups excluding carboxylic acids is 2. The molecule has 0 spiro atoms. The van der Waals surface area contributed by atoms with Gasteiger partial charge in [0.2, 0.25) is 5.91 Å². The fraction of sp³-hybridized carbons (Fsp3) is 0.111. The number of hydrogen-bond acceptors (Lipinski definition) is 3. The van der Waals surface area contributed by atoms with Crippen molar-refractivity contribution in [3.8, 4) is 5.75 Å². The van der Waals surface area contributed by atoms with Gasteiger partial charge < -0.3 is 15.4 Å². The van der Waals surface area contributed by atoms with Crippen LogP contribution in [0.3, 0.4) is 0 Å². The van der Waals surface area contributed by atoms with Gasteiger partial charge in [0.05, 0.1) is 0 Å². The van der Waals surface area contributed by atoms with Crippen LogP contribution in [0.4, 0.5) is 11.4 Å². The molecule has 0 fully saturated rings. The van der Waals surface area contributed by atoms with E-state index in [9.17, 15) is 9.59 Å². The molecule has 0 saturated heterocycles. The summed E-state index contributed by atoms with van der Waals surface area (Å²) >= 11 is 0. The SMILES string of the molecule is O=C(COc1ccccc1[C@H]1CC(=O)Nc2ccc3ccccc3c21)Nc1ccccc1. The lowest BCUT2D eigenvalue weighted by atomic mass is 9.81. The lowest BCUT2D eigenvalue weighted by Gasteiger charge is -2.28. The smallest absolute Gasteiger partial charge is 0.262 e. The summed E-state index contributed by atoms with van der Waals surface area (Å²) in [7, 11) is 0. The normalized spacial score (nSPS) is 15.0. The number of nitrogens with one attached hydrogen (secondary N) is 2. The summed E-state index contributed by atoms with van der Waals surface area (Å²) in [4.78, 5) is 24.9. The summed E-state index contributed by atoms with van der Waals surface area (Å²) in [5.74, 6) is 0.167. The summed E-state index contributed by atoms with van der Waals surface area (Å²) in [6.07, 6.45) is 0.317. The molecule has 0 saturated carbocycles. The molecule has 5 rings (SSSR count). The third kappa shape index (κ3) is 3.93. The number of ether oxygens (including phenoxy) is 1. The van der Waals surface area contributed by atoms with E-state index in [-0.39, 0.29) is 24.3 Å². The number of carbonyl (C=O) groups is 2. The van der Waals surface area contributed by atoms with Crippen molar-refractivity contribution in [1.29, 1.82) is 0 Å². The van der Waals surface area contributed by atoms with Crippen LogP contribution in [-0.2, 0) is 9.59 Å². The minimum atomic E-state index is -0.238. The van der Waals surface area contributed by atoms with Crippen LogP contribution in [0.1, 0.15) is 23.5 Å². The van der Waals surface area contributed by atoms with Crippen LogP contribution < -0.4 is 15.4 Å². The van der Waals surface area contributed by atoms with E-state index in [1.54, 1.807) is 0 Å². The Kier molecular flexibility index (Phi) is 5.30. The highest BCUT2D eigenvalue weighted by atomic mass is 16.5. The van der Waals surface area contributed by atoms with E-state index >= 15 is 0 Å². The highest BCUT2D eigenvalue weighted by Gasteiger charge is 2.30. The molecule has 4 aromatic rings. The van der Waals surface area contributed by atoms with Gasteiger partial charge in [0, 0.05) is 29.3 Å². The van der Waals surface area contributed by atoms with Crippen molar-refractivity contribution in [2.75, 3.05) is 17.2 Å². The molecule has 32 heavy (non-hydrogen) atoms. The zero-order chi connectivity index (χ0) is 21.9. The predicted molar refractivity (Wildman–Crippen MR) is 126 cm³/mol. The number of rotatable bonds is 5. The summed E-state index contributed by atoms with van der Waals surface area (Å²) < 4.78 is 5.94. The molecule has 4 aromatic carbocycles. The lowest BCUT2D eigenvalue weighted by Crippen LogP contribution is -2.25. The predicted octanol–water partition coefficient (Wildman–Crippen LogP) is 5.33. The van der Waals surface area contributed by atoms with E-state index in [1.165, 1.54) is 0 Å². The molecular weight excluding hydrogens is 400 g/mol. The number of anilines is 2. The van der Waals surface area contributed by atoms with Crippen molar-refractivity contribution in [1.82, 2.24) is 0 Å². The first-order chi connectivity index (χ1) is 15.7. The van der Waals surface area contributed by atoms with Crippen molar-refractivity contribution in [3.05, 3.63) is 102 Å². The summed E-state index contributed by atoms with van der Waals surface area (Å²) in [5, 5.41) is 8.06. The summed E-state index contributed by atoms with van der Waals surface area (Å²) in [5.41, 5.74) is 3.51. The maximum Gasteiger partial charge on any atom is 0.262 e. The molecule has 1 heterocycles. The Morgan fingerprint density at radius 1 is 0.906 bits per heavy atom. The van der Waals surface area contributed by atoms with Gasteiger partial charge >= 0.3 is 0 Å². The van der Waals surface area contributed by atoms with Crippen LogP contribution in [0, 0.1) is 0 Å². The van der Waals surface area contributed by atoms with E-state index in [0.29, 0.717) is 12.2 Å². The molecular formula is C27H22N2O3. The lowest BCUT2D eigenvalue weighted by molar-refractivity contribution is -0.118. The molecule has 158 valence electrons. The van der Waals surface area contributed by atoms with Gasteiger partial charge in [-0.15, -0.1) is 0 Å². The Morgan fingerprint density at radius 2 is 1.66 bits per heavy atom. The quantitative estimate of drug-likeness (QED) is 0.457. The first-order valence-corrected chi connectivity index (χ1v) is 10.6. The van der Waals surface area contributed by atoms with Gasteiger partial charge in [0.1, 0.15) is 5.75 Å². The number of benzene rings is 4. The zero-order valence-electron chi connectivity index (χ0n) is 17.4. The molecule has 0 unspecified atom stereocenters. The van der Waals surface area contributed by atoms with Gasteiger partial charge in [-0.1, -0.05) is 66.7 Å². The minimum absolute atomic E-state index is 0.0330. The third-order valence-electron chi connectivity index (χ3n) is 5.69. The van der Waals surface area contributed by atoms with Gasteiger partial charge in [-0.2, -0.15) is 0 Å². The molecule has 5 heteroatoms. The minimum Gasteiger partial charge on any atom is -0.483 e. The summed E-state index contributed by atoms with van der Waals surface area (Å²) in [6, 6.07) is 29.0. The molecule has 1 atom stereocenters. The van der Waals surface area contributed by atoms with Gasteiger partial charge in [-0.3, -0.25) is 9.59 Å². The molecule has 5 nitrogen and oxygen atoms in total. The van der Waals surface area contributed by atoms with Crippen molar-refractivity contribution in [2.45, 2.75) is 12.3 Å². The third-order valence-corrected chi connectivity index (χ3v) is 5.69. The van der Waals surface area contributed by atoms with E-state index in [2.05, 4.69) is 22.8 Å². The second kappa shape index (κ2) is 8.55. The van der Waals surface area contributed by atoms with Crippen LogP contribution in [0.2, 0.25) is 0 Å². The average molecular weight is 422 g/mol. The Balaban J connectivity index is 1.46. The first-order valence-electron chi connectivity index (χ1n) is 10.6. The van der Waals surface area contributed by atoms with Gasteiger partial charge in [0.15, 0.2) is 6.61 Å². The molecule has 0 bridgehead atoms. The molecule has 1 aliphatic rings. The Morgan fingerprint density at radius 3 is 2.53 bits per heavy atom. The largest absolute Gasteiger partial charge is 0.483 e. The Hall–Kier alpha value is -4.12. The van der Waals surface area contributed by atoms with Gasteiger partial charge in [0.25, 0.3) is 5.91 Å². The maximum absolute atomic E-state index is 12.5. The van der Waals surface area contributed by atoms with Crippen molar-refractivity contribution in [3.63, 3.8) is 0 Å². The van der Waals surface area contributed by atoms with Crippen molar-refractivity contribution in [2.24, 2.45) is 0 Å². The van der Waals surface area contributed by atoms with Gasteiger partial charge in [-0.25, -0.2) is 0 Å². The van der Waals surface area contributed by atoms with Crippen LogP contribution in [0.15, 0.2) is 91.0 Å². The van der Waals surface area contributed by atoms with E-state index < -0.39 is 0 Å². The molecule has 2 amide bonds. The van der Waals surface area contributed by atoms with Crippen LogP contribution in [-0.4, -0.2) is 18.4 Å². The molecule has 0 radical (unpaired) electrons. The highest BCUT2D eigenvalue weighted by Crippen LogP contribution is 2.44. The zero-order valence-corrected chi connectivity index (χ0v) is 17.4. The number of hydrogen-bond donors (Lipinski definition) is 2. The van der Waals surface area contributed by atoms with Crippen LogP contribution in [0.25, 0.3) is 10.8 Å². The monoisotopic (exact) mass is 422 g/mol. The maximum atomic E-state index is 12.5. The van der Waals surface area contributed by atoms with E-state index in [1.807, 2.05) is 78.9 Å². The molecule has 2 N–H and O–H groups in total. The number of amides is 2. The molecule has 1 aliphatic heterocycles. The second-order valence-corrected chi connectivity index (χ2v) is 7.79. The van der Waals surface area contributed by atoms with Crippen molar-refractivity contribution >= 4 is 34.0 Å². The van der Waals surface area contributed by atoms with Gasteiger partial charge in [-0.05, 0) is 40.6 Å². The molecule has 0 aromatic heterocycles.